The van der Waals surface area contributed by atoms with Crippen LogP contribution in [0.2, 0.25) is 0 Å². The van der Waals surface area contributed by atoms with Crippen molar-refractivity contribution in [2.45, 2.75) is 38.7 Å². The SMILES string of the molecule is COC(=O)C1C[C@H]1c1ccc(OC(C)(C)C)cc1. The second kappa shape index (κ2) is 4.63. The smallest absolute Gasteiger partial charge is 0.309 e. The zero-order valence-corrected chi connectivity index (χ0v) is 11.4. The van der Waals surface area contributed by atoms with E-state index < -0.39 is 0 Å². The van der Waals surface area contributed by atoms with Gasteiger partial charge in [-0.1, -0.05) is 12.1 Å². The summed E-state index contributed by atoms with van der Waals surface area (Å²) in [5.41, 5.74) is 1.00. The third kappa shape index (κ3) is 3.03. The maximum Gasteiger partial charge on any atom is 0.309 e. The molecule has 3 nitrogen and oxygen atoms in total. The molecule has 1 fully saturated rings. The van der Waals surface area contributed by atoms with E-state index in [-0.39, 0.29) is 17.5 Å². The molecule has 98 valence electrons. The average Bonchev–Trinajstić information content (AvgIpc) is 3.07. The number of ether oxygens (including phenoxy) is 2. The highest BCUT2D eigenvalue weighted by atomic mass is 16.5. The van der Waals surface area contributed by atoms with Gasteiger partial charge in [-0.15, -0.1) is 0 Å². The summed E-state index contributed by atoms with van der Waals surface area (Å²) in [6.07, 6.45) is 0.895. The lowest BCUT2D eigenvalue weighted by molar-refractivity contribution is -0.142. The van der Waals surface area contributed by atoms with Crippen molar-refractivity contribution in [3.63, 3.8) is 0 Å². The lowest BCUT2D eigenvalue weighted by atomic mass is 10.1. The lowest BCUT2D eigenvalue weighted by Gasteiger charge is -2.21. The summed E-state index contributed by atoms with van der Waals surface area (Å²) in [4.78, 5) is 11.4. The van der Waals surface area contributed by atoms with Crippen LogP contribution in [0.4, 0.5) is 0 Å². The van der Waals surface area contributed by atoms with Crippen molar-refractivity contribution >= 4 is 5.97 Å². The summed E-state index contributed by atoms with van der Waals surface area (Å²) in [7, 11) is 1.44. The van der Waals surface area contributed by atoms with Gasteiger partial charge < -0.3 is 9.47 Å². The third-order valence-electron chi connectivity index (χ3n) is 3.03. The molecule has 2 rings (SSSR count). The maximum atomic E-state index is 11.4. The van der Waals surface area contributed by atoms with Gasteiger partial charge in [0.05, 0.1) is 13.0 Å². The predicted octanol–water partition coefficient (Wildman–Crippen LogP) is 3.14. The molecule has 1 aliphatic carbocycles. The van der Waals surface area contributed by atoms with Crippen molar-refractivity contribution in [3.8, 4) is 5.75 Å². The fraction of sp³-hybridized carbons (Fsp3) is 0.533. The van der Waals surface area contributed by atoms with Crippen molar-refractivity contribution in [1.29, 1.82) is 0 Å². The first-order chi connectivity index (χ1) is 8.40. The highest BCUT2D eigenvalue weighted by molar-refractivity contribution is 5.77. The van der Waals surface area contributed by atoms with Crippen LogP contribution in [-0.2, 0) is 9.53 Å². The van der Waals surface area contributed by atoms with Crippen molar-refractivity contribution in [3.05, 3.63) is 29.8 Å². The van der Waals surface area contributed by atoms with E-state index in [9.17, 15) is 4.79 Å². The molecule has 0 aliphatic heterocycles. The van der Waals surface area contributed by atoms with Gasteiger partial charge in [0, 0.05) is 0 Å². The molecule has 0 heterocycles. The summed E-state index contributed by atoms with van der Waals surface area (Å²) < 4.78 is 10.5. The van der Waals surface area contributed by atoms with Crippen molar-refractivity contribution in [2.24, 2.45) is 5.92 Å². The van der Waals surface area contributed by atoms with Crippen molar-refractivity contribution in [1.82, 2.24) is 0 Å². The molecule has 1 aromatic rings. The zero-order chi connectivity index (χ0) is 13.3. The highest BCUT2D eigenvalue weighted by Gasteiger charge is 2.44. The number of benzene rings is 1. The normalized spacial score (nSPS) is 22.4. The van der Waals surface area contributed by atoms with E-state index in [4.69, 9.17) is 9.47 Å². The van der Waals surface area contributed by atoms with Crippen LogP contribution in [0.3, 0.4) is 0 Å². The van der Waals surface area contributed by atoms with Crippen LogP contribution >= 0.6 is 0 Å². The van der Waals surface area contributed by atoms with Gasteiger partial charge in [-0.25, -0.2) is 0 Å². The van der Waals surface area contributed by atoms with Gasteiger partial charge in [-0.05, 0) is 50.8 Å². The Labute approximate surface area is 108 Å². The molecule has 18 heavy (non-hydrogen) atoms. The topological polar surface area (TPSA) is 35.5 Å². The molecule has 1 aliphatic rings. The molecule has 0 amide bonds. The van der Waals surface area contributed by atoms with Gasteiger partial charge in [0.25, 0.3) is 0 Å². The first-order valence-electron chi connectivity index (χ1n) is 6.27. The second-order valence-electron chi connectivity index (χ2n) is 5.76. The second-order valence-corrected chi connectivity index (χ2v) is 5.76. The van der Waals surface area contributed by atoms with E-state index in [1.807, 2.05) is 45.0 Å². The molecule has 0 radical (unpaired) electrons. The van der Waals surface area contributed by atoms with Gasteiger partial charge in [0.2, 0.25) is 0 Å². The van der Waals surface area contributed by atoms with Crippen molar-refractivity contribution in [2.75, 3.05) is 7.11 Å². The zero-order valence-electron chi connectivity index (χ0n) is 11.4. The van der Waals surface area contributed by atoms with Gasteiger partial charge in [0.15, 0.2) is 0 Å². The van der Waals surface area contributed by atoms with Gasteiger partial charge >= 0.3 is 5.97 Å². The Morgan fingerprint density at radius 2 is 1.83 bits per heavy atom. The highest BCUT2D eigenvalue weighted by Crippen LogP contribution is 2.48. The van der Waals surface area contributed by atoms with Crippen LogP contribution in [0.1, 0.15) is 38.7 Å². The predicted molar refractivity (Wildman–Crippen MR) is 69.7 cm³/mol. The molecule has 0 spiro atoms. The average molecular weight is 248 g/mol. The molecule has 0 aromatic heterocycles. The fourth-order valence-electron chi connectivity index (χ4n) is 2.11. The van der Waals surface area contributed by atoms with E-state index in [1.165, 1.54) is 12.7 Å². The molecule has 0 saturated heterocycles. The van der Waals surface area contributed by atoms with E-state index in [0.717, 1.165) is 12.2 Å². The van der Waals surface area contributed by atoms with Crippen LogP contribution in [-0.4, -0.2) is 18.7 Å². The summed E-state index contributed by atoms with van der Waals surface area (Å²) in [5.74, 6) is 1.13. The Kier molecular flexibility index (Phi) is 3.33. The molecule has 3 heteroatoms. The minimum atomic E-state index is -0.185. The lowest BCUT2D eigenvalue weighted by Crippen LogP contribution is -2.22. The maximum absolute atomic E-state index is 11.4. The summed E-state index contributed by atoms with van der Waals surface area (Å²) >= 11 is 0. The Morgan fingerprint density at radius 3 is 2.33 bits per heavy atom. The summed E-state index contributed by atoms with van der Waals surface area (Å²) in [6, 6.07) is 8.00. The molecule has 2 atom stereocenters. The van der Waals surface area contributed by atoms with E-state index in [2.05, 4.69) is 0 Å². The van der Waals surface area contributed by atoms with Crippen LogP contribution in [0.15, 0.2) is 24.3 Å². The Balaban J connectivity index is 1.99. The minimum Gasteiger partial charge on any atom is -0.488 e. The van der Waals surface area contributed by atoms with Crippen LogP contribution in [0, 0.1) is 5.92 Å². The Bertz CT molecular complexity index is 428. The molecule has 0 N–H and O–H groups in total. The first kappa shape index (κ1) is 12.9. The molecule has 1 saturated carbocycles. The molecule has 0 bridgehead atoms. The van der Waals surface area contributed by atoms with E-state index in [1.54, 1.807) is 0 Å². The number of carbonyl (C=O) groups is 1. The molecular formula is C15H20O3. The van der Waals surface area contributed by atoms with E-state index >= 15 is 0 Å². The number of methoxy groups -OCH3 is 1. The Morgan fingerprint density at radius 1 is 1.22 bits per heavy atom. The number of carbonyl (C=O) groups excluding carboxylic acids is 1. The monoisotopic (exact) mass is 248 g/mol. The number of esters is 1. The number of rotatable bonds is 3. The third-order valence-corrected chi connectivity index (χ3v) is 3.03. The Hall–Kier alpha value is -1.51. The summed E-state index contributed by atoms with van der Waals surface area (Å²) in [6.45, 7) is 6.07. The molecular weight excluding hydrogens is 228 g/mol. The van der Waals surface area contributed by atoms with Crippen molar-refractivity contribution < 1.29 is 14.3 Å². The van der Waals surface area contributed by atoms with Gasteiger partial charge in [-0.3, -0.25) is 4.79 Å². The van der Waals surface area contributed by atoms with E-state index in [0.29, 0.717) is 5.92 Å². The summed E-state index contributed by atoms with van der Waals surface area (Å²) in [5, 5.41) is 0. The largest absolute Gasteiger partial charge is 0.488 e. The molecule has 1 unspecified atom stereocenters. The standard InChI is InChI=1S/C15H20O3/c1-15(2,3)18-11-7-5-10(6-8-11)12-9-13(12)14(16)17-4/h5-8,12-13H,9H2,1-4H3/t12-,13?/m0/s1. The van der Waals surface area contributed by atoms with Crippen LogP contribution in [0.25, 0.3) is 0 Å². The van der Waals surface area contributed by atoms with Gasteiger partial charge in [0.1, 0.15) is 11.4 Å². The van der Waals surface area contributed by atoms with Crippen LogP contribution in [0.5, 0.6) is 5.75 Å². The minimum absolute atomic E-state index is 0.0457. The number of hydrogen-bond donors (Lipinski definition) is 0. The number of hydrogen-bond acceptors (Lipinski definition) is 3. The fourth-order valence-corrected chi connectivity index (χ4v) is 2.11. The van der Waals surface area contributed by atoms with Gasteiger partial charge in [-0.2, -0.15) is 0 Å². The molecule has 1 aromatic carbocycles. The van der Waals surface area contributed by atoms with Crippen LogP contribution < -0.4 is 4.74 Å². The first-order valence-corrected chi connectivity index (χ1v) is 6.27. The quantitative estimate of drug-likeness (QED) is 0.771.